The summed E-state index contributed by atoms with van der Waals surface area (Å²) in [7, 11) is 0. The summed E-state index contributed by atoms with van der Waals surface area (Å²) in [6.07, 6.45) is 2.79. The SMILES string of the molecule is CSCCC(C#N)CO. The minimum atomic E-state index is -0.155. The van der Waals surface area contributed by atoms with Crippen LogP contribution in [0, 0.1) is 17.2 Å². The van der Waals surface area contributed by atoms with E-state index in [-0.39, 0.29) is 12.5 Å². The third-order valence-corrected chi connectivity index (χ3v) is 1.72. The summed E-state index contributed by atoms with van der Waals surface area (Å²) < 4.78 is 0. The molecule has 0 fully saturated rings. The Kier molecular flexibility index (Phi) is 5.80. The number of rotatable bonds is 4. The fourth-order valence-electron chi connectivity index (χ4n) is 0.457. The van der Waals surface area contributed by atoms with Crippen molar-refractivity contribution in [2.45, 2.75) is 6.42 Å². The summed E-state index contributed by atoms with van der Waals surface area (Å²) in [4.78, 5) is 0. The third kappa shape index (κ3) is 4.31. The summed E-state index contributed by atoms with van der Waals surface area (Å²) in [5, 5.41) is 16.9. The molecule has 9 heavy (non-hydrogen) atoms. The molecule has 0 aromatic heterocycles. The fourth-order valence-corrected chi connectivity index (χ4v) is 0.977. The Morgan fingerprint density at radius 3 is 2.78 bits per heavy atom. The average molecular weight is 145 g/mol. The lowest BCUT2D eigenvalue weighted by molar-refractivity contribution is 0.254. The van der Waals surface area contributed by atoms with Gasteiger partial charge in [0.25, 0.3) is 0 Å². The van der Waals surface area contributed by atoms with Gasteiger partial charge in [-0.2, -0.15) is 17.0 Å². The van der Waals surface area contributed by atoms with Gasteiger partial charge in [-0.25, -0.2) is 0 Å². The van der Waals surface area contributed by atoms with Crippen LogP contribution in [0.1, 0.15) is 6.42 Å². The van der Waals surface area contributed by atoms with Gasteiger partial charge in [0.05, 0.1) is 18.6 Å². The van der Waals surface area contributed by atoms with Gasteiger partial charge in [-0.3, -0.25) is 0 Å². The van der Waals surface area contributed by atoms with E-state index in [1.54, 1.807) is 11.8 Å². The van der Waals surface area contributed by atoms with Gasteiger partial charge in [-0.05, 0) is 18.4 Å². The number of hydrogen-bond acceptors (Lipinski definition) is 3. The van der Waals surface area contributed by atoms with Crippen LogP contribution < -0.4 is 0 Å². The van der Waals surface area contributed by atoms with Crippen LogP contribution in [0.2, 0.25) is 0 Å². The molecule has 1 N–H and O–H groups in total. The number of nitrogens with zero attached hydrogens (tertiary/aromatic N) is 1. The molecule has 0 aliphatic rings. The van der Waals surface area contributed by atoms with Gasteiger partial charge < -0.3 is 5.11 Å². The van der Waals surface area contributed by atoms with Crippen molar-refractivity contribution in [2.75, 3.05) is 18.6 Å². The Balaban J connectivity index is 3.23. The first-order valence-electron chi connectivity index (χ1n) is 2.84. The third-order valence-electron chi connectivity index (χ3n) is 1.07. The number of aliphatic hydroxyl groups excluding tert-OH is 1. The summed E-state index contributed by atoms with van der Waals surface area (Å²) in [6, 6.07) is 2.02. The second kappa shape index (κ2) is 5.93. The van der Waals surface area contributed by atoms with E-state index in [1.165, 1.54) is 0 Å². The molecule has 0 heterocycles. The summed E-state index contributed by atoms with van der Waals surface area (Å²) in [5.41, 5.74) is 0. The highest BCUT2D eigenvalue weighted by molar-refractivity contribution is 7.98. The highest BCUT2D eigenvalue weighted by Crippen LogP contribution is 2.04. The molecule has 0 rings (SSSR count). The highest BCUT2D eigenvalue weighted by atomic mass is 32.2. The Labute approximate surface area is 59.9 Å². The van der Waals surface area contributed by atoms with Crippen LogP contribution in [0.15, 0.2) is 0 Å². The maximum absolute atomic E-state index is 8.52. The zero-order chi connectivity index (χ0) is 7.11. The smallest absolute Gasteiger partial charge is 0.0702 e. The van der Waals surface area contributed by atoms with Gasteiger partial charge in [0, 0.05) is 0 Å². The first-order valence-corrected chi connectivity index (χ1v) is 4.24. The summed E-state index contributed by atoms with van der Waals surface area (Å²) >= 11 is 1.70. The van der Waals surface area contributed by atoms with Gasteiger partial charge in [0.1, 0.15) is 0 Å². The number of thioether (sulfide) groups is 1. The Morgan fingerprint density at radius 2 is 2.44 bits per heavy atom. The summed E-state index contributed by atoms with van der Waals surface area (Å²) in [5.74, 6) is 0.802. The molecule has 0 saturated heterocycles. The molecule has 0 bridgehead atoms. The molecule has 0 amide bonds. The lowest BCUT2D eigenvalue weighted by Crippen LogP contribution is -2.03. The van der Waals surface area contributed by atoms with Crippen molar-refractivity contribution < 1.29 is 5.11 Å². The molecule has 52 valence electrons. The maximum Gasteiger partial charge on any atom is 0.0702 e. The molecule has 0 aliphatic carbocycles. The lowest BCUT2D eigenvalue weighted by atomic mass is 10.1. The van der Waals surface area contributed by atoms with Gasteiger partial charge in [0.15, 0.2) is 0 Å². The second-order valence-electron chi connectivity index (χ2n) is 1.79. The number of hydrogen-bond donors (Lipinski definition) is 1. The number of aliphatic hydroxyl groups is 1. The Morgan fingerprint density at radius 1 is 1.78 bits per heavy atom. The monoisotopic (exact) mass is 145 g/mol. The van der Waals surface area contributed by atoms with E-state index in [2.05, 4.69) is 0 Å². The zero-order valence-electron chi connectivity index (χ0n) is 5.50. The van der Waals surface area contributed by atoms with Crippen LogP contribution >= 0.6 is 11.8 Å². The minimum absolute atomic E-state index is 0.00292. The summed E-state index contributed by atoms with van der Waals surface area (Å²) in [6.45, 7) is -0.00292. The topological polar surface area (TPSA) is 44.0 Å². The van der Waals surface area contributed by atoms with E-state index in [9.17, 15) is 0 Å². The lowest BCUT2D eigenvalue weighted by Gasteiger charge is -2.00. The van der Waals surface area contributed by atoms with Gasteiger partial charge in [-0.1, -0.05) is 0 Å². The predicted octanol–water partition coefficient (Wildman–Crippen LogP) is 0.872. The maximum atomic E-state index is 8.52. The molecule has 0 saturated carbocycles. The fraction of sp³-hybridized carbons (Fsp3) is 0.833. The van der Waals surface area contributed by atoms with Crippen molar-refractivity contribution in [3.63, 3.8) is 0 Å². The predicted molar refractivity (Wildman–Crippen MR) is 39.2 cm³/mol. The van der Waals surface area contributed by atoms with E-state index in [1.807, 2.05) is 12.3 Å². The van der Waals surface area contributed by atoms with Crippen LogP contribution in [0.5, 0.6) is 0 Å². The molecule has 2 nitrogen and oxygen atoms in total. The van der Waals surface area contributed by atoms with Crippen LogP contribution in [0.4, 0.5) is 0 Å². The first kappa shape index (κ1) is 8.80. The van der Waals surface area contributed by atoms with Crippen LogP contribution in [0.3, 0.4) is 0 Å². The Bertz CT molecular complexity index is 99.7. The molecule has 1 unspecified atom stereocenters. The molecule has 0 radical (unpaired) electrons. The average Bonchev–Trinajstić information content (AvgIpc) is 1.91. The molecule has 1 atom stereocenters. The minimum Gasteiger partial charge on any atom is -0.395 e. The molecule has 0 spiro atoms. The quantitative estimate of drug-likeness (QED) is 0.638. The molecule has 3 heteroatoms. The zero-order valence-corrected chi connectivity index (χ0v) is 6.32. The van der Waals surface area contributed by atoms with E-state index in [4.69, 9.17) is 10.4 Å². The van der Waals surface area contributed by atoms with Crippen molar-refractivity contribution >= 4 is 11.8 Å². The molecule has 0 aromatic carbocycles. The molecular formula is C6H11NOS. The normalized spacial score (nSPS) is 12.6. The van der Waals surface area contributed by atoms with Crippen molar-refractivity contribution in [3.05, 3.63) is 0 Å². The van der Waals surface area contributed by atoms with E-state index >= 15 is 0 Å². The van der Waals surface area contributed by atoms with Gasteiger partial charge >= 0.3 is 0 Å². The van der Waals surface area contributed by atoms with E-state index < -0.39 is 0 Å². The second-order valence-corrected chi connectivity index (χ2v) is 2.78. The highest BCUT2D eigenvalue weighted by Gasteiger charge is 2.02. The van der Waals surface area contributed by atoms with Crippen molar-refractivity contribution in [3.8, 4) is 6.07 Å². The van der Waals surface area contributed by atoms with Gasteiger partial charge in [0.2, 0.25) is 0 Å². The molecular weight excluding hydrogens is 134 g/mol. The Hall–Kier alpha value is -0.200. The van der Waals surface area contributed by atoms with Crippen LogP contribution in [-0.2, 0) is 0 Å². The van der Waals surface area contributed by atoms with Crippen molar-refractivity contribution in [1.29, 1.82) is 5.26 Å². The standard InChI is InChI=1S/C6H11NOS/c1-9-3-2-6(4-7)5-8/h6,8H,2-3,5H2,1H3. The van der Waals surface area contributed by atoms with E-state index in [0.717, 1.165) is 12.2 Å². The van der Waals surface area contributed by atoms with Crippen molar-refractivity contribution in [2.24, 2.45) is 5.92 Å². The largest absolute Gasteiger partial charge is 0.395 e. The number of nitriles is 1. The van der Waals surface area contributed by atoms with E-state index in [0.29, 0.717) is 0 Å². The van der Waals surface area contributed by atoms with Crippen LogP contribution in [-0.4, -0.2) is 23.7 Å². The van der Waals surface area contributed by atoms with Crippen LogP contribution in [0.25, 0.3) is 0 Å². The van der Waals surface area contributed by atoms with Crippen molar-refractivity contribution in [1.82, 2.24) is 0 Å². The molecule has 0 aromatic rings. The first-order chi connectivity index (χ1) is 4.35. The van der Waals surface area contributed by atoms with Gasteiger partial charge in [-0.15, -0.1) is 0 Å². The molecule has 0 aliphatic heterocycles.